The van der Waals surface area contributed by atoms with Gasteiger partial charge in [-0.05, 0) is 24.6 Å². The average Bonchev–Trinajstić information content (AvgIpc) is 2.24. The first-order valence-corrected chi connectivity index (χ1v) is 5.50. The van der Waals surface area contributed by atoms with Crippen molar-refractivity contribution in [1.29, 1.82) is 0 Å². The maximum absolute atomic E-state index is 11.4. The molecule has 0 heterocycles. The van der Waals surface area contributed by atoms with Gasteiger partial charge in [0.2, 0.25) is 0 Å². The first-order chi connectivity index (χ1) is 7.63. The van der Waals surface area contributed by atoms with E-state index in [2.05, 4.69) is 17.2 Å². The molecule has 1 aromatic carbocycles. The van der Waals surface area contributed by atoms with Crippen LogP contribution in [0.25, 0.3) is 0 Å². The molecule has 1 rings (SSSR count). The summed E-state index contributed by atoms with van der Waals surface area (Å²) in [4.78, 5) is 11.4. The van der Waals surface area contributed by atoms with Crippen molar-refractivity contribution >= 4 is 34.9 Å². The van der Waals surface area contributed by atoms with Gasteiger partial charge in [0.1, 0.15) is 0 Å². The Labute approximate surface area is 104 Å². The number of amides is 2. The molecule has 0 fully saturated rings. The molecule has 3 nitrogen and oxygen atoms in total. The van der Waals surface area contributed by atoms with Crippen LogP contribution < -0.4 is 10.6 Å². The van der Waals surface area contributed by atoms with Crippen molar-refractivity contribution in [2.75, 3.05) is 11.9 Å². The quantitative estimate of drug-likeness (QED) is 0.628. The molecule has 0 aliphatic rings. The fourth-order valence-electron chi connectivity index (χ4n) is 1.05. The van der Waals surface area contributed by atoms with Crippen molar-refractivity contribution in [3.8, 4) is 0 Å². The third-order valence-electron chi connectivity index (χ3n) is 1.81. The molecule has 0 bridgehead atoms. The summed E-state index contributed by atoms with van der Waals surface area (Å²) in [6.07, 6.45) is 2.45. The summed E-state index contributed by atoms with van der Waals surface area (Å²) >= 11 is 11.7. The second kappa shape index (κ2) is 6.40. The average molecular weight is 259 g/mol. The molecule has 0 spiro atoms. The number of nitrogens with one attached hydrogen (secondary N) is 2. The largest absolute Gasteiger partial charge is 0.338 e. The van der Waals surface area contributed by atoms with Gasteiger partial charge < -0.3 is 10.6 Å². The molecular weight excluding hydrogens is 247 g/mol. The van der Waals surface area contributed by atoms with Gasteiger partial charge in [-0.25, -0.2) is 4.79 Å². The standard InChI is InChI=1S/C11H12Cl2N2O/c1-2-3-6-14-11(16)15-10-7-8(12)4-5-9(10)13/h2,4-5,7H,1,3,6H2,(H2,14,15,16). The van der Waals surface area contributed by atoms with E-state index in [-0.39, 0.29) is 6.03 Å². The lowest BCUT2D eigenvalue weighted by atomic mass is 10.3. The van der Waals surface area contributed by atoms with Gasteiger partial charge in [0.15, 0.2) is 0 Å². The topological polar surface area (TPSA) is 41.1 Å². The van der Waals surface area contributed by atoms with Gasteiger partial charge in [0.05, 0.1) is 10.7 Å². The Kier molecular flexibility index (Phi) is 5.15. The molecule has 0 saturated heterocycles. The van der Waals surface area contributed by atoms with E-state index < -0.39 is 0 Å². The minimum Gasteiger partial charge on any atom is -0.338 e. The number of hydrogen-bond donors (Lipinski definition) is 2. The molecule has 0 radical (unpaired) electrons. The third-order valence-corrected chi connectivity index (χ3v) is 2.38. The summed E-state index contributed by atoms with van der Waals surface area (Å²) in [5, 5.41) is 6.23. The maximum Gasteiger partial charge on any atom is 0.319 e. The zero-order valence-electron chi connectivity index (χ0n) is 8.59. The van der Waals surface area contributed by atoms with E-state index in [1.807, 2.05) is 0 Å². The third kappa shape index (κ3) is 4.13. The van der Waals surface area contributed by atoms with Crippen LogP contribution in [-0.2, 0) is 0 Å². The molecule has 2 N–H and O–H groups in total. The highest BCUT2D eigenvalue weighted by molar-refractivity contribution is 6.35. The number of hydrogen-bond acceptors (Lipinski definition) is 1. The van der Waals surface area contributed by atoms with Crippen molar-refractivity contribution in [2.45, 2.75) is 6.42 Å². The number of anilines is 1. The zero-order valence-corrected chi connectivity index (χ0v) is 10.1. The van der Waals surface area contributed by atoms with E-state index in [0.717, 1.165) is 6.42 Å². The van der Waals surface area contributed by atoms with Crippen molar-refractivity contribution in [2.24, 2.45) is 0 Å². The van der Waals surface area contributed by atoms with Crippen molar-refractivity contribution < 1.29 is 4.79 Å². The molecule has 0 unspecified atom stereocenters. The van der Waals surface area contributed by atoms with E-state index in [9.17, 15) is 4.79 Å². The van der Waals surface area contributed by atoms with Gasteiger partial charge in [-0.2, -0.15) is 0 Å². The molecule has 2 amide bonds. The first-order valence-electron chi connectivity index (χ1n) is 4.74. The van der Waals surface area contributed by atoms with Gasteiger partial charge in [-0.1, -0.05) is 29.3 Å². The van der Waals surface area contributed by atoms with Crippen molar-refractivity contribution in [3.05, 3.63) is 40.9 Å². The molecule has 1 aromatic rings. The van der Waals surface area contributed by atoms with Crippen LogP contribution >= 0.6 is 23.2 Å². The van der Waals surface area contributed by atoms with E-state index >= 15 is 0 Å². The van der Waals surface area contributed by atoms with Crippen LogP contribution in [0.4, 0.5) is 10.5 Å². The molecule has 16 heavy (non-hydrogen) atoms. The normalized spacial score (nSPS) is 9.62. The molecule has 0 aliphatic heterocycles. The smallest absolute Gasteiger partial charge is 0.319 e. The molecule has 0 aliphatic carbocycles. The Morgan fingerprint density at radius 1 is 1.44 bits per heavy atom. The number of benzene rings is 1. The van der Waals surface area contributed by atoms with E-state index in [4.69, 9.17) is 23.2 Å². The first kappa shape index (κ1) is 12.9. The predicted octanol–water partition coefficient (Wildman–Crippen LogP) is 3.69. The van der Waals surface area contributed by atoms with Crippen LogP contribution in [0.1, 0.15) is 6.42 Å². The SMILES string of the molecule is C=CCCNC(=O)Nc1cc(Cl)ccc1Cl. The fraction of sp³-hybridized carbons (Fsp3) is 0.182. The number of carbonyl (C=O) groups excluding carboxylic acids is 1. The van der Waals surface area contributed by atoms with Crippen molar-refractivity contribution in [3.63, 3.8) is 0 Å². The maximum atomic E-state index is 11.4. The summed E-state index contributed by atoms with van der Waals surface area (Å²) in [5.74, 6) is 0. The minimum absolute atomic E-state index is 0.314. The highest BCUT2D eigenvalue weighted by atomic mass is 35.5. The summed E-state index contributed by atoms with van der Waals surface area (Å²) in [5.41, 5.74) is 0.491. The van der Waals surface area contributed by atoms with Gasteiger partial charge in [0, 0.05) is 11.6 Å². The van der Waals surface area contributed by atoms with E-state index in [0.29, 0.717) is 22.3 Å². The summed E-state index contributed by atoms with van der Waals surface area (Å²) in [6.45, 7) is 4.09. The Hall–Kier alpha value is -1.19. The predicted molar refractivity (Wildman–Crippen MR) is 68.3 cm³/mol. The summed E-state index contributed by atoms with van der Waals surface area (Å²) < 4.78 is 0. The Morgan fingerprint density at radius 3 is 2.88 bits per heavy atom. The fourth-order valence-corrected chi connectivity index (χ4v) is 1.38. The number of rotatable bonds is 4. The summed E-state index contributed by atoms with van der Waals surface area (Å²) in [6, 6.07) is 4.57. The molecule has 5 heteroatoms. The Bertz CT molecular complexity index is 394. The van der Waals surface area contributed by atoms with Gasteiger partial charge in [-0.15, -0.1) is 6.58 Å². The second-order valence-corrected chi connectivity index (χ2v) is 3.93. The van der Waals surface area contributed by atoms with Crippen LogP contribution in [0.15, 0.2) is 30.9 Å². The Morgan fingerprint density at radius 2 is 2.19 bits per heavy atom. The van der Waals surface area contributed by atoms with Crippen LogP contribution in [-0.4, -0.2) is 12.6 Å². The van der Waals surface area contributed by atoms with Crippen LogP contribution in [0, 0.1) is 0 Å². The van der Waals surface area contributed by atoms with Gasteiger partial charge in [0.25, 0.3) is 0 Å². The molecule has 0 aromatic heterocycles. The van der Waals surface area contributed by atoms with Gasteiger partial charge >= 0.3 is 6.03 Å². The summed E-state index contributed by atoms with van der Waals surface area (Å²) in [7, 11) is 0. The second-order valence-electron chi connectivity index (χ2n) is 3.08. The highest BCUT2D eigenvalue weighted by Crippen LogP contribution is 2.25. The minimum atomic E-state index is -0.314. The van der Waals surface area contributed by atoms with Gasteiger partial charge in [-0.3, -0.25) is 0 Å². The van der Waals surface area contributed by atoms with Crippen LogP contribution in [0.3, 0.4) is 0 Å². The van der Waals surface area contributed by atoms with E-state index in [1.165, 1.54) is 0 Å². The highest BCUT2D eigenvalue weighted by Gasteiger charge is 2.05. The Balaban J connectivity index is 2.55. The molecular formula is C11H12Cl2N2O. The molecule has 86 valence electrons. The lowest BCUT2D eigenvalue weighted by Gasteiger charge is -2.08. The van der Waals surface area contributed by atoms with Crippen LogP contribution in [0.2, 0.25) is 10.0 Å². The zero-order chi connectivity index (χ0) is 12.0. The van der Waals surface area contributed by atoms with Crippen LogP contribution in [0.5, 0.6) is 0 Å². The van der Waals surface area contributed by atoms with E-state index in [1.54, 1.807) is 24.3 Å². The number of carbonyl (C=O) groups is 1. The number of halogens is 2. The molecule has 0 saturated carbocycles. The monoisotopic (exact) mass is 258 g/mol. The lowest BCUT2D eigenvalue weighted by Crippen LogP contribution is -2.29. The number of urea groups is 1. The van der Waals surface area contributed by atoms with Crippen molar-refractivity contribution in [1.82, 2.24) is 5.32 Å². The lowest BCUT2D eigenvalue weighted by molar-refractivity contribution is 0.252. The molecule has 0 atom stereocenters.